The molecule has 4 heterocycles. The van der Waals surface area contributed by atoms with Crippen LogP contribution in [-0.2, 0) is 22.6 Å². The van der Waals surface area contributed by atoms with Crippen molar-refractivity contribution in [2.75, 3.05) is 0 Å². The maximum Gasteiger partial charge on any atom is 0.312 e. The highest BCUT2D eigenvalue weighted by molar-refractivity contribution is 7.13. The first kappa shape index (κ1) is 16.7. The summed E-state index contributed by atoms with van der Waals surface area (Å²) in [6.45, 7) is 1.72. The molecule has 0 unspecified atom stereocenters. The molecule has 0 aromatic carbocycles. The Labute approximate surface area is 156 Å². The second kappa shape index (κ2) is 7.22. The van der Waals surface area contributed by atoms with E-state index in [4.69, 9.17) is 13.7 Å². The average Bonchev–Trinajstić information content (AvgIpc) is 3.41. The highest BCUT2D eigenvalue weighted by atomic mass is 32.1. The van der Waals surface area contributed by atoms with E-state index in [0.29, 0.717) is 29.1 Å². The quantitative estimate of drug-likeness (QED) is 0.460. The summed E-state index contributed by atoms with van der Waals surface area (Å²) >= 11 is 3.06. The number of esters is 1. The van der Waals surface area contributed by atoms with Crippen LogP contribution in [0, 0.1) is 6.92 Å². The molecule has 0 aliphatic carbocycles. The highest BCUT2D eigenvalue weighted by Crippen LogP contribution is 2.26. The molecule has 4 aromatic rings. The predicted octanol–water partition coefficient (Wildman–Crippen LogP) is 4.11. The van der Waals surface area contributed by atoms with Crippen LogP contribution in [0.3, 0.4) is 0 Å². The SMILES string of the molecule is Cc1oc(-c2cccs2)nc1CC(=O)OCc1noc(-c2ccsc2)n1. The van der Waals surface area contributed by atoms with Crippen LogP contribution in [0.2, 0.25) is 0 Å². The van der Waals surface area contributed by atoms with Gasteiger partial charge in [0.05, 0.1) is 22.6 Å². The zero-order valence-electron chi connectivity index (χ0n) is 13.7. The van der Waals surface area contributed by atoms with Gasteiger partial charge in [0.25, 0.3) is 5.89 Å². The van der Waals surface area contributed by atoms with Gasteiger partial charge in [-0.05, 0) is 29.8 Å². The van der Waals surface area contributed by atoms with Crippen molar-refractivity contribution in [1.82, 2.24) is 15.1 Å². The number of carbonyl (C=O) groups excluding carboxylic acids is 1. The monoisotopic (exact) mass is 387 g/mol. The maximum absolute atomic E-state index is 12.1. The van der Waals surface area contributed by atoms with Crippen molar-refractivity contribution < 1.29 is 18.5 Å². The molecule has 0 atom stereocenters. The minimum Gasteiger partial charge on any atom is -0.457 e. The summed E-state index contributed by atoms with van der Waals surface area (Å²) in [5.74, 6) is 1.41. The summed E-state index contributed by atoms with van der Waals surface area (Å²) in [7, 11) is 0. The minimum atomic E-state index is -0.430. The van der Waals surface area contributed by atoms with E-state index < -0.39 is 5.97 Å². The van der Waals surface area contributed by atoms with Crippen molar-refractivity contribution in [1.29, 1.82) is 0 Å². The van der Waals surface area contributed by atoms with Crippen LogP contribution in [-0.4, -0.2) is 21.1 Å². The lowest BCUT2D eigenvalue weighted by Gasteiger charge is -2.00. The minimum absolute atomic E-state index is 0.0238. The van der Waals surface area contributed by atoms with E-state index in [1.54, 1.807) is 6.92 Å². The molecule has 7 nitrogen and oxygen atoms in total. The predicted molar refractivity (Wildman–Crippen MR) is 95.7 cm³/mol. The van der Waals surface area contributed by atoms with Crippen molar-refractivity contribution in [3.8, 4) is 22.2 Å². The molecule has 0 aliphatic rings. The summed E-state index contributed by atoms with van der Waals surface area (Å²) in [6, 6.07) is 5.72. The molecule has 0 radical (unpaired) electrons. The Morgan fingerprint density at radius 2 is 2.15 bits per heavy atom. The fourth-order valence-corrected chi connectivity index (χ4v) is 3.53. The molecule has 0 aliphatic heterocycles. The molecule has 0 saturated carbocycles. The Bertz CT molecular complexity index is 1000. The van der Waals surface area contributed by atoms with Crippen molar-refractivity contribution in [2.24, 2.45) is 0 Å². The average molecular weight is 387 g/mol. The van der Waals surface area contributed by atoms with Crippen molar-refractivity contribution in [3.63, 3.8) is 0 Å². The Morgan fingerprint density at radius 3 is 2.92 bits per heavy atom. The zero-order chi connectivity index (χ0) is 17.9. The number of nitrogens with zero attached hydrogens (tertiary/aromatic N) is 3. The third-order valence-corrected chi connectivity index (χ3v) is 5.08. The number of carbonyl (C=O) groups is 1. The third-order valence-electron chi connectivity index (χ3n) is 3.53. The number of ether oxygens (including phenoxy) is 1. The number of hydrogen-bond acceptors (Lipinski definition) is 9. The molecule has 0 amide bonds. The van der Waals surface area contributed by atoms with Crippen LogP contribution < -0.4 is 0 Å². The molecule has 4 aromatic heterocycles. The second-order valence-electron chi connectivity index (χ2n) is 5.36. The fraction of sp³-hybridized carbons (Fsp3) is 0.176. The van der Waals surface area contributed by atoms with Gasteiger partial charge in [-0.15, -0.1) is 11.3 Å². The van der Waals surface area contributed by atoms with Crippen LogP contribution in [0.1, 0.15) is 17.3 Å². The van der Waals surface area contributed by atoms with E-state index in [1.807, 2.05) is 34.3 Å². The van der Waals surface area contributed by atoms with E-state index in [0.717, 1.165) is 10.4 Å². The van der Waals surface area contributed by atoms with Crippen LogP contribution in [0.4, 0.5) is 0 Å². The van der Waals surface area contributed by atoms with E-state index in [1.165, 1.54) is 22.7 Å². The molecule has 0 spiro atoms. The van der Waals surface area contributed by atoms with Crippen molar-refractivity contribution >= 4 is 28.6 Å². The number of thiophene rings is 2. The Morgan fingerprint density at radius 1 is 1.23 bits per heavy atom. The van der Waals surface area contributed by atoms with Crippen molar-refractivity contribution in [3.05, 3.63) is 51.6 Å². The third kappa shape index (κ3) is 3.58. The van der Waals surface area contributed by atoms with Gasteiger partial charge in [-0.2, -0.15) is 16.3 Å². The van der Waals surface area contributed by atoms with E-state index in [2.05, 4.69) is 15.1 Å². The Balaban J connectivity index is 1.36. The van der Waals surface area contributed by atoms with Crippen LogP contribution >= 0.6 is 22.7 Å². The number of oxazole rings is 1. The molecule has 0 bridgehead atoms. The van der Waals surface area contributed by atoms with Crippen molar-refractivity contribution in [2.45, 2.75) is 20.0 Å². The van der Waals surface area contributed by atoms with Gasteiger partial charge in [-0.1, -0.05) is 11.2 Å². The molecule has 0 N–H and O–H groups in total. The normalized spacial score (nSPS) is 11.0. The van der Waals surface area contributed by atoms with Gasteiger partial charge >= 0.3 is 5.97 Å². The molecule has 26 heavy (non-hydrogen) atoms. The smallest absolute Gasteiger partial charge is 0.312 e. The van der Waals surface area contributed by atoms with Gasteiger partial charge in [0, 0.05) is 5.38 Å². The molecular formula is C17H13N3O4S2. The standard InChI is InChI=1S/C17H13N3O4S2/c1-10-12(18-17(23-10)13-3-2-5-26-13)7-15(21)22-8-14-19-16(24-20-14)11-4-6-25-9-11/h2-6,9H,7-8H2,1H3. The molecule has 132 valence electrons. The number of aromatic nitrogens is 3. The summed E-state index contributed by atoms with van der Waals surface area (Å²) in [5, 5.41) is 9.58. The summed E-state index contributed by atoms with van der Waals surface area (Å²) in [4.78, 5) is 21.6. The summed E-state index contributed by atoms with van der Waals surface area (Å²) < 4.78 is 16.0. The molecule has 0 fully saturated rings. The number of aryl methyl sites for hydroxylation is 1. The van der Waals surface area contributed by atoms with Gasteiger partial charge in [0.2, 0.25) is 11.7 Å². The first-order valence-corrected chi connectivity index (χ1v) is 9.52. The lowest BCUT2D eigenvalue weighted by molar-refractivity contribution is -0.144. The maximum atomic E-state index is 12.1. The van der Waals surface area contributed by atoms with Crippen LogP contribution in [0.5, 0.6) is 0 Å². The zero-order valence-corrected chi connectivity index (χ0v) is 15.3. The lowest BCUT2D eigenvalue weighted by atomic mass is 10.3. The fourth-order valence-electron chi connectivity index (χ4n) is 2.25. The van der Waals surface area contributed by atoms with E-state index in [9.17, 15) is 4.79 Å². The summed E-state index contributed by atoms with van der Waals surface area (Å²) in [6.07, 6.45) is 0.0238. The van der Waals surface area contributed by atoms with Gasteiger partial charge in [0.1, 0.15) is 5.76 Å². The van der Waals surface area contributed by atoms with Gasteiger partial charge in [-0.3, -0.25) is 4.79 Å². The molecule has 9 heteroatoms. The Hall–Kier alpha value is -2.78. The number of rotatable bonds is 6. The van der Waals surface area contributed by atoms with E-state index in [-0.39, 0.29) is 13.0 Å². The Kier molecular flexibility index (Phi) is 4.63. The lowest BCUT2D eigenvalue weighted by Crippen LogP contribution is -2.09. The molecule has 0 saturated heterocycles. The van der Waals surface area contributed by atoms with Gasteiger partial charge < -0.3 is 13.7 Å². The molecule has 4 rings (SSSR count). The van der Waals surface area contributed by atoms with Gasteiger partial charge in [-0.25, -0.2) is 4.98 Å². The first-order valence-electron chi connectivity index (χ1n) is 7.70. The second-order valence-corrected chi connectivity index (χ2v) is 7.09. The first-order chi connectivity index (χ1) is 12.7. The topological polar surface area (TPSA) is 91.2 Å². The van der Waals surface area contributed by atoms with E-state index >= 15 is 0 Å². The largest absolute Gasteiger partial charge is 0.457 e. The highest BCUT2D eigenvalue weighted by Gasteiger charge is 2.17. The number of hydrogen-bond donors (Lipinski definition) is 0. The summed E-state index contributed by atoms with van der Waals surface area (Å²) in [5.41, 5.74) is 1.41. The van der Waals surface area contributed by atoms with Crippen LogP contribution in [0.25, 0.3) is 22.2 Å². The molecular weight excluding hydrogens is 374 g/mol. The van der Waals surface area contributed by atoms with Crippen LogP contribution in [0.15, 0.2) is 43.3 Å². The van der Waals surface area contributed by atoms with Gasteiger partial charge in [0.15, 0.2) is 6.61 Å².